The SMILES string of the molecule is NC(=O)CCn1cc(CN2CCC3(CC2)OCCc2cc(C(F)(F)F)sc23)cn1. The summed E-state index contributed by atoms with van der Waals surface area (Å²) in [5.74, 6) is -0.363. The molecule has 2 aliphatic rings. The molecule has 0 aromatic carbocycles. The number of aryl methyl sites for hydroxylation is 1. The maximum absolute atomic E-state index is 13.2. The lowest BCUT2D eigenvalue weighted by molar-refractivity contribution is -0.134. The summed E-state index contributed by atoms with van der Waals surface area (Å²) in [6.45, 7) is 3.11. The van der Waals surface area contributed by atoms with Crippen molar-refractivity contribution < 1.29 is 22.7 Å². The molecule has 1 fully saturated rings. The first-order valence-corrected chi connectivity index (χ1v) is 10.4. The molecule has 2 aromatic rings. The van der Waals surface area contributed by atoms with E-state index in [0.29, 0.717) is 39.0 Å². The number of alkyl halides is 3. The van der Waals surface area contributed by atoms with Crippen LogP contribution < -0.4 is 5.73 Å². The van der Waals surface area contributed by atoms with Gasteiger partial charge in [0, 0.05) is 49.2 Å². The van der Waals surface area contributed by atoms with Crippen molar-refractivity contribution in [1.82, 2.24) is 14.7 Å². The Morgan fingerprint density at radius 3 is 2.79 bits per heavy atom. The summed E-state index contributed by atoms with van der Waals surface area (Å²) in [6.07, 6.45) is 1.50. The maximum Gasteiger partial charge on any atom is 0.425 e. The van der Waals surface area contributed by atoms with Gasteiger partial charge in [0.15, 0.2) is 0 Å². The summed E-state index contributed by atoms with van der Waals surface area (Å²) in [4.78, 5) is 13.4. The number of fused-ring (bicyclic) bond motifs is 2. The lowest BCUT2D eigenvalue weighted by Crippen LogP contribution is -2.45. The summed E-state index contributed by atoms with van der Waals surface area (Å²) in [7, 11) is 0. The van der Waals surface area contributed by atoms with E-state index >= 15 is 0 Å². The second-order valence-corrected chi connectivity index (χ2v) is 8.71. The molecule has 4 heterocycles. The number of piperidine rings is 1. The Hall–Kier alpha value is -1.91. The van der Waals surface area contributed by atoms with Crippen molar-refractivity contribution in [2.24, 2.45) is 5.73 Å². The molecule has 0 aliphatic carbocycles. The molecule has 158 valence electrons. The van der Waals surface area contributed by atoms with Crippen LogP contribution in [0.15, 0.2) is 18.5 Å². The molecule has 1 saturated heterocycles. The fourth-order valence-electron chi connectivity index (χ4n) is 4.10. The van der Waals surface area contributed by atoms with Gasteiger partial charge in [-0.25, -0.2) is 0 Å². The van der Waals surface area contributed by atoms with Gasteiger partial charge in [-0.05, 0) is 30.9 Å². The number of hydrogen-bond donors (Lipinski definition) is 1. The van der Waals surface area contributed by atoms with E-state index < -0.39 is 16.7 Å². The Morgan fingerprint density at radius 2 is 2.10 bits per heavy atom. The monoisotopic (exact) mass is 428 g/mol. The first-order valence-electron chi connectivity index (χ1n) is 9.61. The molecule has 6 nitrogen and oxygen atoms in total. The Kier molecular flexibility index (Phi) is 5.43. The van der Waals surface area contributed by atoms with E-state index in [1.807, 2.05) is 6.20 Å². The van der Waals surface area contributed by atoms with Gasteiger partial charge in [-0.3, -0.25) is 14.4 Å². The molecule has 1 amide bonds. The van der Waals surface area contributed by atoms with E-state index in [0.717, 1.165) is 40.4 Å². The van der Waals surface area contributed by atoms with Crippen molar-refractivity contribution in [3.8, 4) is 0 Å². The first-order chi connectivity index (χ1) is 13.7. The van der Waals surface area contributed by atoms with Crippen molar-refractivity contribution in [2.75, 3.05) is 19.7 Å². The van der Waals surface area contributed by atoms with Gasteiger partial charge in [-0.2, -0.15) is 18.3 Å². The van der Waals surface area contributed by atoms with Gasteiger partial charge in [-0.1, -0.05) is 0 Å². The molecule has 4 rings (SSSR count). The zero-order valence-corrected chi connectivity index (χ0v) is 16.7. The lowest BCUT2D eigenvalue weighted by atomic mass is 9.85. The van der Waals surface area contributed by atoms with Crippen LogP contribution in [0.3, 0.4) is 0 Å². The summed E-state index contributed by atoms with van der Waals surface area (Å²) < 4.78 is 47.3. The molecule has 0 bridgehead atoms. The number of rotatable bonds is 5. The average Bonchev–Trinajstić information content (AvgIpc) is 3.29. The highest BCUT2D eigenvalue weighted by molar-refractivity contribution is 7.12. The quantitative estimate of drug-likeness (QED) is 0.795. The highest BCUT2D eigenvalue weighted by Gasteiger charge is 2.45. The van der Waals surface area contributed by atoms with Crippen LogP contribution in [0.1, 0.15) is 40.1 Å². The molecule has 2 aromatic heterocycles. The summed E-state index contributed by atoms with van der Waals surface area (Å²) in [5, 5.41) is 4.25. The van der Waals surface area contributed by atoms with Crippen molar-refractivity contribution in [1.29, 1.82) is 0 Å². The van der Waals surface area contributed by atoms with Crippen LogP contribution in [0.4, 0.5) is 13.2 Å². The van der Waals surface area contributed by atoms with Gasteiger partial charge in [0.25, 0.3) is 0 Å². The second kappa shape index (κ2) is 7.73. The minimum atomic E-state index is -4.31. The third-order valence-electron chi connectivity index (χ3n) is 5.60. The maximum atomic E-state index is 13.2. The van der Waals surface area contributed by atoms with Crippen molar-refractivity contribution >= 4 is 17.2 Å². The fourth-order valence-corrected chi connectivity index (χ4v) is 5.38. The molecule has 10 heteroatoms. The van der Waals surface area contributed by atoms with E-state index in [4.69, 9.17) is 10.5 Å². The molecule has 29 heavy (non-hydrogen) atoms. The number of carbonyl (C=O) groups is 1. The zero-order chi connectivity index (χ0) is 20.6. The normalized spacial score (nSPS) is 19.4. The molecule has 2 N–H and O–H groups in total. The van der Waals surface area contributed by atoms with E-state index in [9.17, 15) is 18.0 Å². The minimum absolute atomic E-state index is 0.244. The van der Waals surface area contributed by atoms with Crippen LogP contribution in [0, 0.1) is 0 Å². The third-order valence-corrected chi connectivity index (χ3v) is 7.00. The second-order valence-electron chi connectivity index (χ2n) is 7.66. The smallest absolute Gasteiger partial charge is 0.370 e. The number of thiophene rings is 1. The predicted octanol–water partition coefficient (Wildman–Crippen LogP) is 2.90. The highest BCUT2D eigenvalue weighted by atomic mass is 32.1. The largest absolute Gasteiger partial charge is 0.425 e. The van der Waals surface area contributed by atoms with Gasteiger partial charge >= 0.3 is 6.18 Å². The Bertz CT molecular complexity index is 884. The van der Waals surface area contributed by atoms with Crippen LogP contribution in [-0.4, -0.2) is 40.3 Å². The lowest BCUT2D eigenvalue weighted by Gasteiger charge is -2.43. The fraction of sp³-hybridized carbons (Fsp3) is 0.579. The van der Waals surface area contributed by atoms with Gasteiger partial charge < -0.3 is 10.5 Å². The number of nitrogens with zero attached hydrogens (tertiary/aromatic N) is 3. The Labute approximate surface area is 170 Å². The highest BCUT2D eigenvalue weighted by Crippen LogP contribution is 2.48. The Morgan fingerprint density at radius 1 is 1.34 bits per heavy atom. The third kappa shape index (κ3) is 4.34. The van der Waals surface area contributed by atoms with Crippen LogP contribution in [0.25, 0.3) is 0 Å². The summed E-state index contributed by atoms with van der Waals surface area (Å²) in [6, 6.07) is 1.30. The number of carbonyl (C=O) groups excluding carboxylic acids is 1. The van der Waals surface area contributed by atoms with Crippen LogP contribution >= 0.6 is 11.3 Å². The van der Waals surface area contributed by atoms with Gasteiger partial charge in [-0.15, -0.1) is 11.3 Å². The molecular weight excluding hydrogens is 405 g/mol. The summed E-state index contributed by atoms with van der Waals surface area (Å²) in [5.41, 5.74) is 6.39. The van der Waals surface area contributed by atoms with Crippen LogP contribution in [0.5, 0.6) is 0 Å². The number of primary amides is 1. The van der Waals surface area contributed by atoms with E-state index in [2.05, 4.69) is 10.00 Å². The summed E-state index contributed by atoms with van der Waals surface area (Å²) >= 11 is 0.844. The number of aromatic nitrogens is 2. The molecule has 0 atom stereocenters. The number of amides is 1. The number of nitrogens with two attached hydrogens (primary N) is 1. The number of halogens is 3. The average molecular weight is 428 g/mol. The number of likely N-dealkylation sites (tertiary alicyclic amines) is 1. The van der Waals surface area contributed by atoms with Crippen LogP contribution in [-0.2, 0) is 40.8 Å². The van der Waals surface area contributed by atoms with E-state index in [1.165, 1.54) is 6.07 Å². The molecule has 2 aliphatic heterocycles. The molecule has 0 saturated carbocycles. The minimum Gasteiger partial charge on any atom is -0.370 e. The Balaban J connectivity index is 1.40. The van der Waals surface area contributed by atoms with Crippen molar-refractivity contribution in [2.45, 2.75) is 50.6 Å². The molecule has 0 radical (unpaired) electrons. The molecule has 0 unspecified atom stereocenters. The topological polar surface area (TPSA) is 73.4 Å². The van der Waals surface area contributed by atoms with E-state index in [1.54, 1.807) is 10.9 Å². The molecular formula is C19H23F3N4O2S. The predicted molar refractivity (Wildman–Crippen MR) is 101 cm³/mol. The first kappa shape index (κ1) is 20.4. The van der Waals surface area contributed by atoms with Crippen molar-refractivity contribution in [3.63, 3.8) is 0 Å². The van der Waals surface area contributed by atoms with Gasteiger partial charge in [0.2, 0.25) is 5.91 Å². The molecule has 1 spiro atoms. The number of ether oxygens (including phenoxy) is 1. The van der Waals surface area contributed by atoms with Gasteiger partial charge in [0.05, 0.1) is 12.8 Å². The zero-order valence-electron chi connectivity index (χ0n) is 15.9. The standard InChI is InChI=1S/C19H23F3N4O2S/c20-19(21,22)15-9-14-2-8-28-18(17(14)29-15)3-6-25(7-4-18)11-13-10-24-26(12-13)5-1-16(23)27/h9-10,12H,1-8,11H2,(H2,23,27). The van der Waals surface area contributed by atoms with Crippen LogP contribution in [0.2, 0.25) is 0 Å². The number of hydrogen-bond acceptors (Lipinski definition) is 5. The van der Waals surface area contributed by atoms with Crippen molar-refractivity contribution in [3.05, 3.63) is 39.3 Å². The van der Waals surface area contributed by atoms with E-state index in [-0.39, 0.29) is 12.3 Å². The van der Waals surface area contributed by atoms with Gasteiger partial charge in [0.1, 0.15) is 10.5 Å².